The quantitative estimate of drug-likeness (QED) is 0.642. The summed E-state index contributed by atoms with van der Waals surface area (Å²) in [5.41, 5.74) is 4.01. The second-order valence-electron chi connectivity index (χ2n) is 7.16. The molecule has 2 aliphatic heterocycles. The molecule has 1 atom stereocenters. The van der Waals surface area contributed by atoms with E-state index in [0.29, 0.717) is 5.69 Å². The number of alkyl halides is 3. The molecule has 0 aromatic heterocycles. The standard InChI is InChI=1S/C22H20ClF3N4O2/c23-15-7-1-3-9-17(15)30-21(13-19(28-30)22(24,25)26)32-14-20(31)27-16-8-2-4-10-18(16)29-11-5-6-12-29/h1-5,7-11,13,19,28H,6,12,14H2,(H,27,31). The van der Waals surface area contributed by atoms with Gasteiger partial charge in [-0.2, -0.15) is 13.2 Å². The lowest BCUT2D eigenvalue weighted by molar-refractivity contribution is -0.142. The molecule has 1 unspecified atom stereocenters. The molecule has 2 aliphatic rings. The number of halogens is 4. The highest BCUT2D eigenvalue weighted by atomic mass is 35.5. The van der Waals surface area contributed by atoms with Crippen molar-refractivity contribution in [1.82, 2.24) is 5.43 Å². The first-order valence-corrected chi connectivity index (χ1v) is 10.2. The third-order valence-corrected chi connectivity index (χ3v) is 5.22. The number of benzene rings is 2. The van der Waals surface area contributed by atoms with Crippen LogP contribution in [0.4, 0.5) is 30.2 Å². The van der Waals surface area contributed by atoms with Crippen molar-refractivity contribution in [1.29, 1.82) is 0 Å². The Morgan fingerprint density at radius 2 is 1.88 bits per heavy atom. The lowest BCUT2D eigenvalue weighted by Crippen LogP contribution is -2.45. The van der Waals surface area contributed by atoms with E-state index in [1.165, 1.54) is 0 Å². The highest BCUT2D eigenvalue weighted by molar-refractivity contribution is 6.33. The fraction of sp³-hybridized carbons (Fsp3) is 0.227. The predicted octanol–water partition coefficient (Wildman–Crippen LogP) is 4.82. The van der Waals surface area contributed by atoms with E-state index in [4.69, 9.17) is 16.3 Å². The van der Waals surface area contributed by atoms with Crippen LogP contribution in [0.25, 0.3) is 0 Å². The van der Waals surface area contributed by atoms with E-state index in [9.17, 15) is 18.0 Å². The summed E-state index contributed by atoms with van der Waals surface area (Å²) in [4.78, 5) is 14.5. The van der Waals surface area contributed by atoms with E-state index in [2.05, 4.69) is 10.7 Å². The summed E-state index contributed by atoms with van der Waals surface area (Å²) in [7, 11) is 0. The number of anilines is 3. The van der Waals surface area contributed by atoms with Crippen LogP contribution in [0.1, 0.15) is 6.42 Å². The van der Waals surface area contributed by atoms with Gasteiger partial charge in [0.1, 0.15) is 6.04 Å². The van der Waals surface area contributed by atoms with E-state index in [1.54, 1.807) is 36.4 Å². The maximum Gasteiger partial charge on any atom is 0.409 e. The van der Waals surface area contributed by atoms with Gasteiger partial charge in [0.05, 0.1) is 22.1 Å². The van der Waals surface area contributed by atoms with Gasteiger partial charge in [0.2, 0.25) is 5.88 Å². The number of carbonyl (C=O) groups is 1. The van der Waals surface area contributed by atoms with Crippen molar-refractivity contribution < 1.29 is 22.7 Å². The molecule has 6 nitrogen and oxygen atoms in total. The molecule has 4 rings (SSSR count). The largest absolute Gasteiger partial charge is 0.468 e. The summed E-state index contributed by atoms with van der Waals surface area (Å²) in [6.45, 7) is 0.316. The number of para-hydroxylation sites is 3. The maximum atomic E-state index is 13.3. The number of carbonyl (C=O) groups excluding carboxylic acids is 1. The Kier molecular flexibility index (Phi) is 6.29. The predicted molar refractivity (Wildman–Crippen MR) is 117 cm³/mol. The molecule has 0 aliphatic carbocycles. The molecule has 2 N–H and O–H groups in total. The Hall–Kier alpha value is -3.17. The fourth-order valence-electron chi connectivity index (χ4n) is 3.41. The minimum atomic E-state index is -4.55. The molecule has 32 heavy (non-hydrogen) atoms. The fourth-order valence-corrected chi connectivity index (χ4v) is 3.63. The average Bonchev–Trinajstić information content (AvgIpc) is 3.43. The van der Waals surface area contributed by atoms with Crippen LogP contribution in [-0.2, 0) is 9.53 Å². The second kappa shape index (κ2) is 9.13. The topological polar surface area (TPSA) is 56.8 Å². The van der Waals surface area contributed by atoms with Crippen molar-refractivity contribution in [3.8, 4) is 0 Å². The van der Waals surface area contributed by atoms with Crippen molar-refractivity contribution in [3.05, 3.63) is 77.8 Å². The number of amides is 1. The Labute approximate surface area is 187 Å². The van der Waals surface area contributed by atoms with Crippen molar-refractivity contribution in [2.24, 2.45) is 0 Å². The van der Waals surface area contributed by atoms with Crippen molar-refractivity contribution in [2.45, 2.75) is 18.6 Å². The molecule has 0 radical (unpaired) electrons. The summed E-state index contributed by atoms with van der Waals surface area (Å²) in [6, 6.07) is 11.7. The van der Waals surface area contributed by atoms with E-state index in [0.717, 1.165) is 29.7 Å². The summed E-state index contributed by atoms with van der Waals surface area (Å²) in [6.07, 6.45) is 1.20. The number of hydrazine groups is 1. The van der Waals surface area contributed by atoms with Gasteiger partial charge in [-0.05, 0) is 30.7 Å². The number of ether oxygens (including phenoxy) is 1. The molecule has 2 aromatic rings. The van der Waals surface area contributed by atoms with Gasteiger partial charge in [-0.3, -0.25) is 4.79 Å². The van der Waals surface area contributed by atoms with Gasteiger partial charge in [0.25, 0.3) is 5.91 Å². The van der Waals surface area contributed by atoms with Crippen LogP contribution >= 0.6 is 11.6 Å². The SMILES string of the molecule is O=C(COC1=CC(C(F)(F)F)NN1c1ccccc1Cl)Nc1ccccc1N1C=CCC1. The summed E-state index contributed by atoms with van der Waals surface area (Å²) < 4.78 is 45.3. The van der Waals surface area contributed by atoms with Crippen molar-refractivity contribution in [2.75, 3.05) is 28.4 Å². The van der Waals surface area contributed by atoms with E-state index in [-0.39, 0.29) is 16.6 Å². The summed E-state index contributed by atoms with van der Waals surface area (Å²) in [5, 5.41) is 4.09. The molecule has 2 aromatic carbocycles. The van der Waals surface area contributed by atoms with Gasteiger partial charge >= 0.3 is 6.18 Å². The smallest absolute Gasteiger partial charge is 0.409 e. The molecule has 1 amide bonds. The number of hydrogen-bond acceptors (Lipinski definition) is 5. The Morgan fingerprint density at radius 1 is 1.16 bits per heavy atom. The monoisotopic (exact) mass is 464 g/mol. The molecule has 0 saturated carbocycles. The van der Waals surface area contributed by atoms with E-state index in [1.807, 2.05) is 29.3 Å². The van der Waals surface area contributed by atoms with Crippen LogP contribution in [0.2, 0.25) is 5.02 Å². The minimum absolute atomic E-state index is 0.161. The molecule has 0 bridgehead atoms. The summed E-state index contributed by atoms with van der Waals surface area (Å²) in [5.74, 6) is -0.664. The maximum absolute atomic E-state index is 13.3. The number of nitrogens with one attached hydrogen (secondary N) is 2. The minimum Gasteiger partial charge on any atom is -0.468 e. The molecular weight excluding hydrogens is 445 g/mol. The van der Waals surface area contributed by atoms with Gasteiger partial charge in [-0.15, -0.1) is 0 Å². The Bertz CT molecular complexity index is 1060. The molecule has 0 spiro atoms. The van der Waals surface area contributed by atoms with Gasteiger partial charge in [-0.25, -0.2) is 10.4 Å². The molecular formula is C22H20ClF3N4O2. The zero-order valence-electron chi connectivity index (χ0n) is 16.8. The van der Waals surface area contributed by atoms with Crippen molar-refractivity contribution in [3.63, 3.8) is 0 Å². The first-order valence-electron chi connectivity index (χ1n) is 9.87. The highest BCUT2D eigenvalue weighted by Gasteiger charge is 2.44. The molecule has 10 heteroatoms. The molecule has 0 fully saturated rings. The zero-order chi connectivity index (χ0) is 22.7. The molecule has 0 saturated heterocycles. The summed E-state index contributed by atoms with van der Waals surface area (Å²) >= 11 is 6.15. The first-order chi connectivity index (χ1) is 15.3. The lowest BCUT2D eigenvalue weighted by atomic mass is 10.2. The molecule has 2 heterocycles. The van der Waals surface area contributed by atoms with Crippen molar-refractivity contribution >= 4 is 34.6 Å². The first kappa shape index (κ1) is 22.0. The van der Waals surface area contributed by atoms with E-state index >= 15 is 0 Å². The Morgan fingerprint density at radius 3 is 2.56 bits per heavy atom. The van der Waals surface area contributed by atoms with Gasteiger partial charge < -0.3 is 15.0 Å². The van der Waals surface area contributed by atoms with Crippen LogP contribution in [0, 0.1) is 0 Å². The van der Waals surface area contributed by atoms with E-state index < -0.39 is 24.7 Å². The second-order valence-corrected chi connectivity index (χ2v) is 7.57. The van der Waals surface area contributed by atoms with Crippen LogP contribution in [0.3, 0.4) is 0 Å². The third kappa shape index (κ3) is 4.84. The number of hydrogen-bond donors (Lipinski definition) is 2. The number of rotatable bonds is 6. The van der Waals surface area contributed by atoms with Gasteiger partial charge in [0.15, 0.2) is 6.61 Å². The van der Waals surface area contributed by atoms with Gasteiger partial charge in [0, 0.05) is 18.8 Å². The van der Waals surface area contributed by atoms with Crippen LogP contribution in [0.15, 0.2) is 72.8 Å². The number of nitrogens with zero attached hydrogens (tertiary/aromatic N) is 2. The Balaban J connectivity index is 1.47. The molecule has 168 valence electrons. The highest BCUT2D eigenvalue weighted by Crippen LogP contribution is 2.34. The lowest BCUT2D eigenvalue weighted by Gasteiger charge is -2.25. The average molecular weight is 465 g/mol. The normalized spacial score (nSPS) is 18.1. The third-order valence-electron chi connectivity index (χ3n) is 4.90. The van der Waals surface area contributed by atoms with Gasteiger partial charge in [-0.1, -0.05) is 41.9 Å². The zero-order valence-corrected chi connectivity index (χ0v) is 17.5. The van der Waals surface area contributed by atoms with Crippen LogP contribution in [0.5, 0.6) is 0 Å². The van der Waals surface area contributed by atoms with Crippen LogP contribution in [-0.4, -0.2) is 31.3 Å². The van der Waals surface area contributed by atoms with Crippen LogP contribution < -0.4 is 20.7 Å².